The van der Waals surface area contributed by atoms with Crippen LogP contribution in [0.15, 0.2) is 18.2 Å². The molecule has 11 heavy (non-hydrogen) atoms. The molecule has 0 spiro atoms. The molecule has 0 heteroatoms. The van der Waals surface area contributed by atoms with Crippen molar-refractivity contribution >= 4 is 0 Å². The van der Waals surface area contributed by atoms with Crippen LogP contribution in [0.25, 0.3) is 0 Å². The van der Waals surface area contributed by atoms with Gasteiger partial charge in [-0.1, -0.05) is 32.0 Å². The third-order valence-electron chi connectivity index (χ3n) is 2.00. The molecule has 2 radical (unpaired) electrons. The van der Waals surface area contributed by atoms with Gasteiger partial charge in [0.1, 0.15) is 0 Å². The summed E-state index contributed by atoms with van der Waals surface area (Å²) in [4.78, 5) is 0. The van der Waals surface area contributed by atoms with Crippen molar-refractivity contribution in [3.8, 4) is 0 Å². The first-order valence-electron chi connectivity index (χ1n) is 4.15. The van der Waals surface area contributed by atoms with Crippen LogP contribution < -0.4 is 0 Å². The molecule has 0 bridgehead atoms. The molecular formula is C11H14. The van der Waals surface area contributed by atoms with Crippen LogP contribution in [-0.2, 0) is 12.8 Å². The van der Waals surface area contributed by atoms with Gasteiger partial charge >= 0.3 is 0 Å². The Morgan fingerprint density at radius 1 is 1.18 bits per heavy atom. The van der Waals surface area contributed by atoms with Gasteiger partial charge in [-0.15, -0.1) is 0 Å². The Labute approximate surface area is 69.3 Å². The predicted octanol–water partition coefficient (Wildman–Crippen LogP) is 2.87. The van der Waals surface area contributed by atoms with E-state index in [2.05, 4.69) is 26.0 Å². The Bertz CT molecular complexity index is 236. The van der Waals surface area contributed by atoms with E-state index >= 15 is 0 Å². The zero-order valence-electron chi connectivity index (χ0n) is 7.22. The largest absolute Gasteiger partial charge is 0.0613 e. The molecule has 58 valence electrons. The molecule has 0 amide bonds. The number of hydrogen-bond acceptors (Lipinski definition) is 0. The number of rotatable bonds is 2. The van der Waals surface area contributed by atoms with E-state index in [4.69, 9.17) is 6.92 Å². The summed E-state index contributed by atoms with van der Waals surface area (Å²) in [5.74, 6) is 0. The average molecular weight is 146 g/mol. The van der Waals surface area contributed by atoms with E-state index in [-0.39, 0.29) is 0 Å². The molecule has 1 aromatic rings. The van der Waals surface area contributed by atoms with Gasteiger partial charge in [-0.2, -0.15) is 0 Å². The molecule has 0 unspecified atom stereocenters. The average Bonchev–Trinajstić information content (AvgIpc) is 2.05. The molecule has 0 saturated carbocycles. The van der Waals surface area contributed by atoms with Crippen LogP contribution in [0.2, 0.25) is 0 Å². The minimum Gasteiger partial charge on any atom is -0.0613 e. The van der Waals surface area contributed by atoms with Gasteiger partial charge in [0.15, 0.2) is 0 Å². The smallest absolute Gasteiger partial charge is 0.000911 e. The van der Waals surface area contributed by atoms with Gasteiger partial charge in [0.25, 0.3) is 0 Å². The molecule has 0 N–H and O–H groups in total. The van der Waals surface area contributed by atoms with E-state index in [0.29, 0.717) is 0 Å². The normalized spacial score (nSPS) is 10.1. The fourth-order valence-electron chi connectivity index (χ4n) is 1.19. The van der Waals surface area contributed by atoms with Gasteiger partial charge in [0.2, 0.25) is 0 Å². The fraction of sp³-hybridized carbons (Fsp3) is 0.364. The van der Waals surface area contributed by atoms with Gasteiger partial charge < -0.3 is 0 Å². The SMILES string of the molecule is [CH]c1ccc(CC)cc1CC. The highest BCUT2D eigenvalue weighted by molar-refractivity contribution is 5.33. The van der Waals surface area contributed by atoms with Gasteiger partial charge in [-0.3, -0.25) is 0 Å². The Kier molecular flexibility index (Phi) is 2.70. The van der Waals surface area contributed by atoms with Gasteiger partial charge in [-0.25, -0.2) is 0 Å². The second-order valence-corrected chi connectivity index (χ2v) is 2.74. The molecule has 0 saturated heterocycles. The van der Waals surface area contributed by atoms with Crippen LogP contribution in [0.3, 0.4) is 0 Å². The van der Waals surface area contributed by atoms with Gasteiger partial charge in [0, 0.05) is 0 Å². The highest BCUT2D eigenvalue weighted by Gasteiger charge is 1.95. The van der Waals surface area contributed by atoms with E-state index < -0.39 is 0 Å². The summed E-state index contributed by atoms with van der Waals surface area (Å²) >= 11 is 0. The number of aryl methyl sites for hydroxylation is 2. The van der Waals surface area contributed by atoms with Crippen LogP contribution in [0.1, 0.15) is 30.5 Å². The summed E-state index contributed by atoms with van der Waals surface area (Å²) in [7, 11) is 0. The third kappa shape index (κ3) is 1.83. The molecule has 0 aliphatic rings. The molecule has 0 nitrogen and oxygen atoms in total. The number of hydrogen-bond donors (Lipinski definition) is 0. The van der Waals surface area contributed by atoms with Crippen molar-refractivity contribution in [1.82, 2.24) is 0 Å². The Morgan fingerprint density at radius 2 is 1.91 bits per heavy atom. The van der Waals surface area contributed by atoms with E-state index in [9.17, 15) is 0 Å². The molecule has 0 aliphatic heterocycles. The fourth-order valence-corrected chi connectivity index (χ4v) is 1.19. The molecule has 0 aromatic heterocycles. The second-order valence-electron chi connectivity index (χ2n) is 2.74. The maximum atomic E-state index is 5.75. The maximum absolute atomic E-state index is 5.75. The van der Waals surface area contributed by atoms with Crippen molar-refractivity contribution in [3.05, 3.63) is 41.8 Å². The van der Waals surface area contributed by atoms with Gasteiger partial charge in [-0.05, 0) is 36.5 Å². The Hall–Kier alpha value is -0.780. The molecule has 0 atom stereocenters. The molecular weight excluding hydrogens is 132 g/mol. The van der Waals surface area contributed by atoms with Crippen LogP contribution in [-0.4, -0.2) is 0 Å². The number of benzene rings is 1. The second kappa shape index (κ2) is 3.56. The Balaban J connectivity index is 3.02. The van der Waals surface area contributed by atoms with Crippen LogP contribution in [0.4, 0.5) is 0 Å². The van der Waals surface area contributed by atoms with E-state index in [1.807, 2.05) is 6.07 Å². The zero-order valence-corrected chi connectivity index (χ0v) is 7.22. The minimum absolute atomic E-state index is 0.921. The lowest BCUT2D eigenvalue weighted by Gasteiger charge is -2.04. The van der Waals surface area contributed by atoms with E-state index in [1.165, 1.54) is 11.1 Å². The molecule has 0 heterocycles. The monoisotopic (exact) mass is 146 g/mol. The van der Waals surface area contributed by atoms with Crippen molar-refractivity contribution < 1.29 is 0 Å². The highest BCUT2D eigenvalue weighted by Crippen LogP contribution is 2.11. The summed E-state index contributed by atoms with van der Waals surface area (Å²) in [5, 5.41) is 0. The van der Waals surface area contributed by atoms with Crippen molar-refractivity contribution in [2.75, 3.05) is 0 Å². The predicted molar refractivity (Wildman–Crippen MR) is 48.6 cm³/mol. The topological polar surface area (TPSA) is 0 Å². The molecule has 1 aromatic carbocycles. The van der Waals surface area contributed by atoms with Crippen molar-refractivity contribution in [3.63, 3.8) is 0 Å². The van der Waals surface area contributed by atoms with Crippen molar-refractivity contribution in [2.45, 2.75) is 26.7 Å². The lowest BCUT2D eigenvalue weighted by Crippen LogP contribution is -1.88. The summed E-state index contributed by atoms with van der Waals surface area (Å²) in [6.07, 6.45) is 2.12. The lowest BCUT2D eigenvalue weighted by molar-refractivity contribution is 1.08. The van der Waals surface area contributed by atoms with E-state index in [1.54, 1.807) is 0 Å². The van der Waals surface area contributed by atoms with Gasteiger partial charge in [0.05, 0.1) is 0 Å². The molecule has 0 fully saturated rings. The lowest BCUT2D eigenvalue weighted by atomic mass is 10.0. The first-order chi connectivity index (χ1) is 5.27. The molecule has 1 rings (SSSR count). The zero-order chi connectivity index (χ0) is 8.27. The van der Waals surface area contributed by atoms with Crippen molar-refractivity contribution in [2.24, 2.45) is 0 Å². The van der Waals surface area contributed by atoms with Crippen molar-refractivity contribution in [1.29, 1.82) is 0 Å². The first kappa shape index (κ1) is 8.32. The standard InChI is InChI=1S/C11H14/c1-4-10-7-6-9(3)11(5-2)8-10/h3,6-8H,4-5H2,1-2H3. The third-order valence-corrected chi connectivity index (χ3v) is 2.00. The first-order valence-corrected chi connectivity index (χ1v) is 4.15. The van der Waals surface area contributed by atoms with E-state index in [0.717, 1.165) is 18.4 Å². The van der Waals surface area contributed by atoms with Crippen LogP contribution in [0, 0.1) is 6.92 Å². The van der Waals surface area contributed by atoms with Crippen LogP contribution >= 0.6 is 0 Å². The quantitative estimate of drug-likeness (QED) is 0.602. The van der Waals surface area contributed by atoms with Crippen LogP contribution in [0.5, 0.6) is 0 Å². The Morgan fingerprint density at radius 3 is 2.45 bits per heavy atom. The highest BCUT2D eigenvalue weighted by atomic mass is 14.0. The summed E-state index contributed by atoms with van der Waals surface area (Å²) in [6.45, 7) is 10.0. The molecule has 0 aliphatic carbocycles. The summed E-state index contributed by atoms with van der Waals surface area (Å²) in [6, 6.07) is 6.28. The maximum Gasteiger partial charge on any atom is -0.000911 e. The summed E-state index contributed by atoms with van der Waals surface area (Å²) in [5.41, 5.74) is 3.56. The summed E-state index contributed by atoms with van der Waals surface area (Å²) < 4.78 is 0. The minimum atomic E-state index is 0.921.